The molecule has 0 radical (unpaired) electrons. The molecule has 0 aliphatic rings. The zero-order chi connectivity index (χ0) is 13.9. The molecule has 0 aliphatic carbocycles. The number of aryl methyl sites for hydroxylation is 1. The quantitative estimate of drug-likeness (QED) is 0.863. The summed E-state index contributed by atoms with van der Waals surface area (Å²) in [6.07, 6.45) is 0.982. The van der Waals surface area contributed by atoms with Gasteiger partial charge in [0.25, 0.3) is 0 Å². The molecule has 0 saturated carbocycles. The van der Waals surface area contributed by atoms with Crippen LogP contribution in [-0.2, 0) is 10.0 Å². The van der Waals surface area contributed by atoms with Crippen LogP contribution < -0.4 is 10.5 Å². The maximum atomic E-state index is 11.4. The maximum absolute atomic E-state index is 11.4. The van der Waals surface area contributed by atoms with Crippen LogP contribution in [-0.4, -0.2) is 14.5 Å². The predicted molar refractivity (Wildman–Crippen MR) is 75.1 cm³/mol. The topological polar surface area (TPSA) is 72.2 Å². The van der Waals surface area contributed by atoms with Crippen LogP contribution >= 0.6 is 0 Å². The van der Waals surface area contributed by atoms with Crippen LogP contribution in [0.15, 0.2) is 23.1 Å². The van der Waals surface area contributed by atoms with Gasteiger partial charge >= 0.3 is 0 Å². The largest absolute Gasteiger partial charge is 0.382 e. The molecule has 0 aliphatic heterocycles. The van der Waals surface area contributed by atoms with Gasteiger partial charge in [-0.2, -0.15) is 0 Å². The summed E-state index contributed by atoms with van der Waals surface area (Å²) in [5.74, 6) is 0.481. The van der Waals surface area contributed by atoms with E-state index in [1.807, 2.05) is 6.07 Å². The summed E-state index contributed by atoms with van der Waals surface area (Å²) in [7, 11) is -3.66. The Kier molecular flexibility index (Phi) is 4.76. The van der Waals surface area contributed by atoms with Gasteiger partial charge in [-0.1, -0.05) is 26.8 Å². The number of hydrogen-bond acceptors (Lipinski definition) is 3. The Balaban J connectivity index is 3.06. The van der Waals surface area contributed by atoms with E-state index in [9.17, 15) is 8.42 Å². The molecule has 1 rings (SSSR count). The van der Waals surface area contributed by atoms with Gasteiger partial charge in [-0.3, -0.25) is 0 Å². The van der Waals surface area contributed by atoms with Crippen molar-refractivity contribution < 1.29 is 8.42 Å². The van der Waals surface area contributed by atoms with Gasteiger partial charge in [-0.15, -0.1) is 0 Å². The van der Waals surface area contributed by atoms with Crippen LogP contribution in [0, 0.1) is 12.8 Å². The fourth-order valence-electron chi connectivity index (χ4n) is 1.95. The minimum atomic E-state index is -3.66. The minimum Gasteiger partial charge on any atom is -0.382 e. The molecule has 1 aromatic carbocycles. The number of rotatable bonds is 5. The Morgan fingerprint density at radius 2 is 1.94 bits per heavy atom. The molecule has 0 aromatic heterocycles. The van der Waals surface area contributed by atoms with E-state index in [-0.39, 0.29) is 4.90 Å². The van der Waals surface area contributed by atoms with Crippen molar-refractivity contribution in [3.8, 4) is 0 Å². The maximum Gasteiger partial charge on any atom is 0.238 e. The van der Waals surface area contributed by atoms with E-state index in [1.165, 1.54) is 0 Å². The third kappa shape index (κ3) is 3.71. The minimum absolute atomic E-state index is 0.186. The second-order valence-electron chi connectivity index (χ2n) is 4.93. The number of anilines is 1. The zero-order valence-corrected chi connectivity index (χ0v) is 12.2. The Morgan fingerprint density at radius 3 is 2.39 bits per heavy atom. The highest BCUT2D eigenvalue weighted by Crippen LogP contribution is 2.21. The Morgan fingerprint density at radius 1 is 1.33 bits per heavy atom. The van der Waals surface area contributed by atoms with Crippen molar-refractivity contribution in [1.82, 2.24) is 0 Å². The van der Waals surface area contributed by atoms with Gasteiger partial charge in [0.15, 0.2) is 0 Å². The molecular formula is C13H22N2O2S. The zero-order valence-electron chi connectivity index (χ0n) is 11.4. The van der Waals surface area contributed by atoms with Gasteiger partial charge in [0.2, 0.25) is 10.0 Å². The smallest absolute Gasteiger partial charge is 0.238 e. The van der Waals surface area contributed by atoms with Crippen molar-refractivity contribution >= 4 is 15.7 Å². The summed E-state index contributed by atoms with van der Waals surface area (Å²) in [5, 5.41) is 8.54. The molecule has 3 N–H and O–H groups in total. The van der Waals surface area contributed by atoms with Gasteiger partial charge < -0.3 is 5.32 Å². The third-order valence-electron chi connectivity index (χ3n) is 3.09. The highest BCUT2D eigenvalue weighted by molar-refractivity contribution is 7.89. The molecule has 102 valence electrons. The first-order valence-electron chi connectivity index (χ1n) is 6.15. The van der Waals surface area contributed by atoms with Crippen LogP contribution in [0.5, 0.6) is 0 Å². The lowest BCUT2D eigenvalue weighted by molar-refractivity contribution is 0.511. The van der Waals surface area contributed by atoms with Crippen molar-refractivity contribution in [2.45, 2.75) is 45.1 Å². The van der Waals surface area contributed by atoms with Crippen LogP contribution in [0.25, 0.3) is 0 Å². The van der Waals surface area contributed by atoms with E-state index in [0.29, 0.717) is 17.5 Å². The lowest BCUT2D eigenvalue weighted by atomic mass is 10.0. The lowest BCUT2D eigenvalue weighted by Gasteiger charge is -2.22. The fraction of sp³-hybridized carbons (Fsp3) is 0.538. The van der Waals surface area contributed by atoms with E-state index in [2.05, 4.69) is 26.1 Å². The van der Waals surface area contributed by atoms with E-state index in [0.717, 1.165) is 12.1 Å². The summed E-state index contributed by atoms with van der Waals surface area (Å²) in [6, 6.07) is 5.58. The average molecular weight is 270 g/mol. The molecule has 18 heavy (non-hydrogen) atoms. The third-order valence-corrected chi connectivity index (χ3v) is 4.14. The molecule has 4 nitrogen and oxygen atoms in total. The number of nitrogens with one attached hydrogen (secondary N) is 1. The van der Waals surface area contributed by atoms with Gasteiger partial charge in [-0.05, 0) is 37.0 Å². The summed E-state index contributed by atoms with van der Waals surface area (Å²) in [4.78, 5) is 0.186. The molecule has 0 bridgehead atoms. The van der Waals surface area contributed by atoms with E-state index < -0.39 is 10.0 Å². The molecule has 1 atom stereocenters. The first-order chi connectivity index (χ1) is 8.25. The van der Waals surface area contributed by atoms with Gasteiger partial charge in [0.05, 0.1) is 4.90 Å². The molecule has 0 spiro atoms. The second-order valence-corrected chi connectivity index (χ2v) is 6.46. The number of hydrogen-bond donors (Lipinski definition) is 2. The van der Waals surface area contributed by atoms with Gasteiger partial charge in [0, 0.05) is 11.7 Å². The summed E-state index contributed by atoms with van der Waals surface area (Å²) in [6.45, 7) is 8.11. The molecule has 0 amide bonds. The predicted octanol–water partition coefficient (Wildman–Crippen LogP) is 2.49. The van der Waals surface area contributed by atoms with Crippen LogP contribution in [0.2, 0.25) is 0 Å². The van der Waals surface area contributed by atoms with Crippen molar-refractivity contribution in [2.75, 3.05) is 5.32 Å². The fourth-order valence-corrected chi connectivity index (χ4v) is 2.76. The number of benzene rings is 1. The molecule has 1 unspecified atom stereocenters. The summed E-state index contributed by atoms with van der Waals surface area (Å²) < 4.78 is 22.9. The molecule has 0 fully saturated rings. The summed E-state index contributed by atoms with van der Waals surface area (Å²) in [5.41, 5.74) is 1.46. The molecular weight excluding hydrogens is 248 g/mol. The van der Waals surface area contributed by atoms with Crippen molar-refractivity contribution in [3.63, 3.8) is 0 Å². The number of primary sulfonamides is 1. The first-order valence-corrected chi connectivity index (χ1v) is 7.70. The SMILES string of the molecule is CCC(Nc1ccc(C)c(S(N)(=O)=O)c1)C(C)C. The lowest BCUT2D eigenvalue weighted by Crippen LogP contribution is -2.25. The molecule has 5 heteroatoms. The van der Waals surface area contributed by atoms with Gasteiger partial charge in [0.1, 0.15) is 0 Å². The highest BCUT2D eigenvalue weighted by Gasteiger charge is 2.15. The Hall–Kier alpha value is -1.07. The number of nitrogens with two attached hydrogens (primary N) is 1. The monoisotopic (exact) mass is 270 g/mol. The van der Waals surface area contributed by atoms with Crippen LogP contribution in [0.3, 0.4) is 0 Å². The van der Waals surface area contributed by atoms with Gasteiger partial charge in [-0.25, -0.2) is 13.6 Å². The van der Waals surface area contributed by atoms with Crippen LogP contribution in [0.4, 0.5) is 5.69 Å². The van der Waals surface area contributed by atoms with E-state index in [1.54, 1.807) is 19.1 Å². The van der Waals surface area contributed by atoms with E-state index in [4.69, 9.17) is 5.14 Å². The normalized spacial score (nSPS) is 13.7. The van der Waals surface area contributed by atoms with Crippen molar-refractivity contribution in [1.29, 1.82) is 0 Å². The molecule has 0 heterocycles. The standard InChI is InChI=1S/C13H22N2O2S/c1-5-12(9(2)3)15-11-7-6-10(4)13(8-11)18(14,16)17/h6-9,12,15H,5H2,1-4H3,(H2,14,16,17). The molecule has 0 saturated heterocycles. The van der Waals surface area contributed by atoms with Crippen LogP contribution in [0.1, 0.15) is 32.8 Å². The van der Waals surface area contributed by atoms with Crippen molar-refractivity contribution in [2.24, 2.45) is 11.1 Å². The second kappa shape index (κ2) is 5.71. The Bertz CT molecular complexity index is 510. The highest BCUT2D eigenvalue weighted by atomic mass is 32.2. The average Bonchev–Trinajstić information content (AvgIpc) is 2.25. The number of sulfonamides is 1. The van der Waals surface area contributed by atoms with E-state index >= 15 is 0 Å². The molecule has 1 aromatic rings. The first kappa shape index (κ1) is 15.0. The summed E-state index contributed by atoms with van der Waals surface area (Å²) >= 11 is 0. The Labute approximate surface area is 110 Å². The van der Waals surface area contributed by atoms with Crippen molar-refractivity contribution in [3.05, 3.63) is 23.8 Å².